The van der Waals surface area contributed by atoms with Crippen LogP contribution in [-0.2, 0) is 14.3 Å². The van der Waals surface area contributed by atoms with Crippen molar-refractivity contribution in [2.45, 2.75) is 44.2 Å². The number of carbonyl (C=O) groups is 4. The lowest BCUT2D eigenvalue weighted by Crippen LogP contribution is -2.42. The van der Waals surface area contributed by atoms with Crippen LogP contribution < -0.4 is 10.6 Å². The zero-order valence-electron chi connectivity index (χ0n) is 20.3. The minimum Gasteiger partial charge on any atom is -0.436 e. The average Bonchev–Trinajstić information content (AvgIpc) is 3.54. The van der Waals surface area contributed by atoms with E-state index in [1.165, 1.54) is 30.2 Å². The van der Waals surface area contributed by atoms with Crippen molar-refractivity contribution in [3.8, 4) is 0 Å². The van der Waals surface area contributed by atoms with Gasteiger partial charge in [0.05, 0.1) is 18.3 Å². The van der Waals surface area contributed by atoms with E-state index in [1.54, 1.807) is 17.0 Å². The van der Waals surface area contributed by atoms with Crippen molar-refractivity contribution in [3.05, 3.63) is 58.6 Å². The number of likely N-dealkylation sites (tertiary alicyclic amines) is 1. The Labute approximate surface area is 208 Å². The Balaban J connectivity index is 1.30. The first-order chi connectivity index (χ1) is 17.2. The lowest BCUT2D eigenvalue weighted by Gasteiger charge is -2.29. The molecule has 2 aliphatic carbocycles. The molecule has 2 N–H and O–H groups in total. The highest BCUT2D eigenvalue weighted by Crippen LogP contribution is 2.48. The van der Waals surface area contributed by atoms with Crippen LogP contribution >= 0.6 is 0 Å². The van der Waals surface area contributed by atoms with E-state index in [1.807, 2.05) is 6.92 Å². The van der Waals surface area contributed by atoms with Gasteiger partial charge in [0.1, 0.15) is 12.4 Å². The molecule has 36 heavy (non-hydrogen) atoms. The maximum Gasteiger partial charge on any atom is 0.411 e. The number of aryl methyl sites for hydroxylation is 1. The topological polar surface area (TPSA) is 108 Å². The molecule has 3 atom stereocenters. The van der Waals surface area contributed by atoms with Gasteiger partial charge in [0, 0.05) is 19.5 Å². The molecule has 4 aliphatic rings. The third-order valence-electron chi connectivity index (χ3n) is 7.70. The van der Waals surface area contributed by atoms with Crippen LogP contribution in [0.4, 0.5) is 14.0 Å². The zero-order chi connectivity index (χ0) is 25.6. The fraction of sp³-hybridized carbons (Fsp3) is 0.462. The highest BCUT2D eigenvalue weighted by atomic mass is 19.1. The van der Waals surface area contributed by atoms with E-state index >= 15 is 0 Å². The number of ketones is 1. The normalized spacial score (nSPS) is 27.1. The Kier molecular flexibility index (Phi) is 6.05. The van der Waals surface area contributed by atoms with E-state index in [0.29, 0.717) is 25.0 Å². The molecule has 9 nitrogen and oxygen atoms in total. The molecule has 5 rings (SSSR count). The van der Waals surface area contributed by atoms with Crippen LogP contribution in [0.25, 0.3) is 0 Å². The summed E-state index contributed by atoms with van der Waals surface area (Å²) in [7, 11) is 1.47. The van der Waals surface area contributed by atoms with Crippen LogP contribution in [0.2, 0.25) is 0 Å². The standard InChI is InChI=1S/C26H29FN4O5/c1-15-12-16(27)5-6-17(15)21-4-3-11-31(21)22(32)13-30-14-26(36-25(30)35)10-9-18-19(26)7-8-20(23(18)33)29-24(34)28-2/h5-8,12,18,21H,3-4,9-11,13-14H2,1-2H3,(H2,28,29,34)/t18?,21-,26-/m0/s1. The number of hydrogen-bond donors (Lipinski definition) is 2. The largest absolute Gasteiger partial charge is 0.436 e. The van der Waals surface area contributed by atoms with Crippen molar-refractivity contribution in [3.63, 3.8) is 0 Å². The molecule has 190 valence electrons. The Morgan fingerprint density at radius 1 is 1.22 bits per heavy atom. The second kappa shape index (κ2) is 9.07. The fourth-order valence-electron chi connectivity index (χ4n) is 5.96. The van der Waals surface area contributed by atoms with Gasteiger partial charge in [0.15, 0.2) is 11.4 Å². The van der Waals surface area contributed by atoms with Gasteiger partial charge >= 0.3 is 12.1 Å². The Hall–Kier alpha value is -3.69. The van der Waals surface area contributed by atoms with Crippen molar-refractivity contribution >= 4 is 23.8 Å². The molecular formula is C26H29FN4O5. The predicted octanol–water partition coefficient (Wildman–Crippen LogP) is 2.72. The summed E-state index contributed by atoms with van der Waals surface area (Å²) in [6.45, 7) is 2.47. The summed E-state index contributed by atoms with van der Waals surface area (Å²) in [5.74, 6) is -1.19. The molecule has 3 fully saturated rings. The number of urea groups is 1. The Bertz CT molecular complexity index is 1210. The first kappa shape index (κ1) is 24.0. The van der Waals surface area contributed by atoms with Gasteiger partial charge in [-0.25, -0.2) is 14.0 Å². The molecule has 1 aromatic carbocycles. The maximum absolute atomic E-state index is 13.6. The van der Waals surface area contributed by atoms with Crippen LogP contribution in [-0.4, -0.2) is 65.9 Å². The molecule has 1 unspecified atom stereocenters. The number of nitrogens with one attached hydrogen (secondary N) is 2. The summed E-state index contributed by atoms with van der Waals surface area (Å²) in [6, 6.07) is 3.97. The molecule has 4 amide bonds. The van der Waals surface area contributed by atoms with E-state index < -0.39 is 23.6 Å². The van der Waals surface area contributed by atoms with Gasteiger partial charge in [-0.2, -0.15) is 0 Å². The summed E-state index contributed by atoms with van der Waals surface area (Å²) in [5, 5.41) is 4.96. The third-order valence-corrected chi connectivity index (χ3v) is 7.70. The van der Waals surface area contributed by atoms with E-state index in [2.05, 4.69) is 10.6 Å². The number of rotatable bonds is 4. The van der Waals surface area contributed by atoms with Crippen molar-refractivity contribution in [1.82, 2.24) is 20.4 Å². The van der Waals surface area contributed by atoms with Gasteiger partial charge in [-0.1, -0.05) is 12.1 Å². The van der Waals surface area contributed by atoms with E-state index in [9.17, 15) is 23.6 Å². The number of carbonyl (C=O) groups excluding carboxylic acids is 4. The monoisotopic (exact) mass is 496 g/mol. The minimum atomic E-state index is -0.954. The first-order valence-electron chi connectivity index (χ1n) is 12.2. The summed E-state index contributed by atoms with van der Waals surface area (Å²) < 4.78 is 19.4. The van der Waals surface area contributed by atoms with Crippen LogP contribution in [0.3, 0.4) is 0 Å². The number of Topliss-reactive ketones (excluding diaryl/α,β-unsaturated/α-hetero) is 1. The second-order valence-electron chi connectivity index (χ2n) is 9.83. The molecule has 2 aliphatic heterocycles. The summed E-state index contributed by atoms with van der Waals surface area (Å²) in [5.41, 5.74) is 1.67. The number of benzene rings is 1. The molecule has 2 saturated heterocycles. The molecule has 10 heteroatoms. The molecule has 1 spiro atoms. The van der Waals surface area contributed by atoms with Gasteiger partial charge < -0.3 is 20.3 Å². The molecule has 1 aromatic rings. The van der Waals surface area contributed by atoms with E-state index in [4.69, 9.17) is 4.74 Å². The number of halogens is 1. The number of ether oxygens (including phenoxy) is 1. The minimum absolute atomic E-state index is 0.122. The van der Waals surface area contributed by atoms with Crippen LogP contribution in [0.15, 0.2) is 41.6 Å². The summed E-state index contributed by atoms with van der Waals surface area (Å²) >= 11 is 0. The fourth-order valence-corrected chi connectivity index (χ4v) is 5.96. The SMILES string of the molecule is CNC(=O)NC1=CC=C2C(CC[C@]23CN(CC(=O)N2CCC[C@H]2c2ccc(F)cc2C)C(=O)O3)C1=O. The smallest absolute Gasteiger partial charge is 0.411 e. The van der Waals surface area contributed by atoms with Crippen molar-refractivity contribution in [1.29, 1.82) is 0 Å². The first-order valence-corrected chi connectivity index (χ1v) is 12.2. The van der Waals surface area contributed by atoms with Crippen LogP contribution in [0.5, 0.6) is 0 Å². The Morgan fingerprint density at radius 3 is 2.78 bits per heavy atom. The third kappa shape index (κ3) is 4.04. The molecule has 1 saturated carbocycles. The van der Waals surface area contributed by atoms with Gasteiger partial charge in [0.2, 0.25) is 5.91 Å². The zero-order valence-corrected chi connectivity index (χ0v) is 20.3. The van der Waals surface area contributed by atoms with Crippen molar-refractivity contribution < 1.29 is 28.3 Å². The summed E-state index contributed by atoms with van der Waals surface area (Å²) in [4.78, 5) is 53.9. The lowest BCUT2D eigenvalue weighted by atomic mass is 9.85. The van der Waals surface area contributed by atoms with Gasteiger partial charge in [-0.05, 0) is 67.5 Å². The lowest BCUT2D eigenvalue weighted by molar-refractivity contribution is -0.132. The quantitative estimate of drug-likeness (QED) is 0.667. The Morgan fingerprint density at radius 2 is 2.03 bits per heavy atom. The number of allylic oxidation sites excluding steroid dienone is 3. The van der Waals surface area contributed by atoms with Gasteiger partial charge in [0.25, 0.3) is 0 Å². The number of nitrogens with zero attached hydrogens (tertiary/aromatic N) is 2. The van der Waals surface area contributed by atoms with E-state index in [-0.39, 0.29) is 42.3 Å². The number of fused-ring (bicyclic) bond motifs is 2. The molecule has 0 aromatic heterocycles. The van der Waals surface area contributed by atoms with Crippen LogP contribution in [0, 0.1) is 18.7 Å². The van der Waals surface area contributed by atoms with Crippen molar-refractivity contribution in [2.24, 2.45) is 5.92 Å². The summed E-state index contributed by atoms with van der Waals surface area (Å²) in [6.07, 6.45) is 5.27. The number of amides is 4. The van der Waals surface area contributed by atoms with E-state index in [0.717, 1.165) is 24.0 Å². The van der Waals surface area contributed by atoms with Crippen molar-refractivity contribution in [2.75, 3.05) is 26.7 Å². The molecule has 2 heterocycles. The maximum atomic E-state index is 13.6. The highest BCUT2D eigenvalue weighted by molar-refractivity contribution is 6.03. The predicted molar refractivity (Wildman–Crippen MR) is 127 cm³/mol. The number of hydrogen-bond acceptors (Lipinski definition) is 5. The second-order valence-corrected chi connectivity index (χ2v) is 9.83. The molecule has 0 radical (unpaired) electrons. The van der Waals surface area contributed by atoms with Gasteiger partial charge in [-0.15, -0.1) is 0 Å². The van der Waals surface area contributed by atoms with Crippen LogP contribution in [0.1, 0.15) is 42.9 Å². The average molecular weight is 497 g/mol. The molecular weight excluding hydrogens is 467 g/mol. The van der Waals surface area contributed by atoms with Gasteiger partial charge in [-0.3, -0.25) is 14.5 Å². The molecule has 0 bridgehead atoms. The highest BCUT2D eigenvalue weighted by Gasteiger charge is 2.56.